The van der Waals surface area contributed by atoms with E-state index in [2.05, 4.69) is 15.3 Å². The van der Waals surface area contributed by atoms with Crippen LogP contribution in [-0.4, -0.2) is 48.8 Å². The van der Waals surface area contributed by atoms with Crippen LogP contribution in [0.3, 0.4) is 0 Å². The molecule has 1 aromatic heterocycles. The van der Waals surface area contributed by atoms with E-state index in [-0.39, 0.29) is 17.3 Å². The zero-order valence-corrected chi connectivity index (χ0v) is 19.1. The lowest BCUT2D eigenvalue weighted by molar-refractivity contribution is 0.102. The molecule has 0 radical (unpaired) electrons. The molecule has 1 aliphatic heterocycles. The Kier molecular flexibility index (Phi) is 6.15. The first kappa shape index (κ1) is 21.6. The van der Waals surface area contributed by atoms with Crippen LogP contribution in [0.1, 0.15) is 29.8 Å². The van der Waals surface area contributed by atoms with E-state index >= 15 is 0 Å². The summed E-state index contributed by atoms with van der Waals surface area (Å²) in [5, 5.41) is 4.75. The normalized spacial score (nSPS) is 13.4. The molecule has 7 nitrogen and oxygen atoms in total. The lowest BCUT2D eigenvalue weighted by Crippen LogP contribution is -2.30. The monoisotopic (exact) mass is 456 g/mol. The maximum Gasteiger partial charge on any atom is 0.234 e. The Bertz CT molecular complexity index is 1240. The first-order chi connectivity index (χ1) is 14.9. The summed E-state index contributed by atoms with van der Waals surface area (Å²) in [7, 11) is -3.30. The van der Waals surface area contributed by atoms with E-state index in [1.165, 1.54) is 16.1 Å². The molecule has 9 heteroatoms. The second-order valence-electron chi connectivity index (χ2n) is 7.18. The van der Waals surface area contributed by atoms with Gasteiger partial charge in [-0.1, -0.05) is 23.9 Å². The highest BCUT2D eigenvalue weighted by molar-refractivity contribution is 7.99. The van der Waals surface area contributed by atoms with E-state index in [0.717, 1.165) is 28.8 Å². The van der Waals surface area contributed by atoms with Gasteiger partial charge in [0.2, 0.25) is 10.0 Å². The van der Waals surface area contributed by atoms with Gasteiger partial charge in [-0.05, 0) is 56.2 Å². The van der Waals surface area contributed by atoms with Crippen molar-refractivity contribution < 1.29 is 13.2 Å². The number of carbonyl (C=O) groups excluding carboxylic acids is 1. The number of sulfonamides is 1. The summed E-state index contributed by atoms with van der Waals surface area (Å²) in [5.41, 5.74) is 2.98. The molecule has 1 aliphatic rings. The third kappa shape index (κ3) is 4.38. The Morgan fingerprint density at radius 2 is 1.97 bits per heavy atom. The number of benzene rings is 2. The lowest BCUT2D eigenvalue weighted by Gasteiger charge is -2.18. The highest BCUT2D eigenvalue weighted by Crippen LogP contribution is 2.32. The molecule has 0 atom stereocenters. The fraction of sp³-hybridized carbons (Fsp3) is 0.318. The minimum Gasteiger partial charge on any atom is -0.370 e. The number of hydrogen-bond acceptors (Lipinski definition) is 7. The second-order valence-corrected chi connectivity index (χ2v) is 10.3. The van der Waals surface area contributed by atoms with Gasteiger partial charge in [-0.25, -0.2) is 18.4 Å². The van der Waals surface area contributed by atoms with Gasteiger partial charge in [0, 0.05) is 24.0 Å². The molecule has 0 aliphatic carbocycles. The molecule has 0 saturated heterocycles. The van der Waals surface area contributed by atoms with Crippen LogP contribution in [-0.2, 0) is 16.4 Å². The zero-order chi connectivity index (χ0) is 22.0. The molecule has 3 aromatic rings. The standard InChI is InChI=1S/C22H24N4O3S2/c1-3-23-21-17-7-5-6-8-18(17)24-22(25-21)30-14-20(27)16-9-10-19-15(13-16)11-12-26(19)31(28,29)4-2/h5-10,13H,3-4,11-12,14H2,1-2H3,(H,23,24,25). The average molecular weight is 457 g/mol. The number of Topliss-reactive ketones (excluding diaryl/α,β-unsaturated/α-hetero) is 1. The maximum atomic E-state index is 12.8. The van der Waals surface area contributed by atoms with Crippen LogP contribution in [0.4, 0.5) is 11.5 Å². The van der Waals surface area contributed by atoms with Crippen LogP contribution in [0.25, 0.3) is 10.9 Å². The smallest absolute Gasteiger partial charge is 0.234 e. The summed E-state index contributed by atoms with van der Waals surface area (Å²) < 4.78 is 25.9. The van der Waals surface area contributed by atoms with Gasteiger partial charge in [0.15, 0.2) is 10.9 Å². The number of nitrogens with one attached hydrogen (secondary N) is 1. The number of rotatable bonds is 8. The van der Waals surface area contributed by atoms with Gasteiger partial charge in [-0.3, -0.25) is 9.10 Å². The molecule has 0 amide bonds. The average Bonchev–Trinajstić information content (AvgIpc) is 3.22. The van der Waals surface area contributed by atoms with Crippen LogP contribution >= 0.6 is 11.8 Å². The SMILES string of the molecule is CCNc1nc(SCC(=O)c2ccc3c(c2)CCN3S(=O)(=O)CC)nc2ccccc12. The summed E-state index contributed by atoms with van der Waals surface area (Å²) in [4.78, 5) is 22.0. The molecule has 0 saturated carbocycles. The van der Waals surface area contributed by atoms with Crippen LogP contribution < -0.4 is 9.62 Å². The molecule has 4 rings (SSSR count). The number of anilines is 2. The highest BCUT2D eigenvalue weighted by Gasteiger charge is 2.28. The first-order valence-corrected chi connectivity index (χ1v) is 12.8. The number of hydrogen-bond donors (Lipinski definition) is 1. The molecular formula is C22H24N4O3S2. The zero-order valence-electron chi connectivity index (χ0n) is 17.5. The fourth-order valence-electron chi connectivity index (χ4n) is 3.63. The van der Waals surface area contributed by atoms with Crippen molar-refractivity contribution in [3.8, 4) is 0 Å². The topological polar surface area (TPSA) is 92.3 Å². The molecule has 2 aromatic carbocycles. The predicted molar refractivity (Wildman–Crippen MR) is 126 cm³/mol. The molecule has 0 fully saturated rings. The summed E-state index contributed by atoms with van der Waals surface area (Å²) in [5.74, 6) is 0.994. The van der Waals surface area contributed by atoms with Crippen LogP contribution in [0.15, 0.2) is 47.6 Å². The molecule has 0 bridgehead atoms. The van der Waals surface area contributed by atoms with Gasteiger partial charge in [-0.15, -0.1) is 0 Å². The molecular weight excluding hydrogens is 432 g/mol. The summed E-state index contributed by atoms with van der Waals surface area (Å²) in [6, 6.07) is 13.0. The van der Waals surface area contributed by atoms with Gasteiger partial charge in [0.25, 0.3) is 0 Å². The number of thioether (sulfide) groups is 1. The van der Waals surface area contributed by atoms with E-state index in [1.54, 1.807) is 19.1 Å². The number of ketones is 1. The van der Waals surface area contributed by atoms with Crippen molar-refractivity contribution >= 4 is 50.0 Å². The Labute approximate surface area is 186 Å². The van der Waals surface area contributed by atoms with E-state index < -0.39 is 10.0 Å². The Morgan fingerprint density at radius 1 is 1.16 bits per heavy atom. The minimum absolute atomic E-state index is 0.0358. The van der Waals surface area contributed by atoms with Gasteiger partial charge in [-0.2, -0.15) is 0 Å². The Morgan fingerprint density at radius 3 is 2.74 bits per heavy atom. The minimum atomic E-state index is -3.30. The van der Waals surface area contributed by atoms with Crippen molar-refractivity contribution in [2.45, 2.75) is 25.4 Å². The van der Waals surface area contributed by atoms with Crippen LogP contribution in [0.5, 0.6) is 0 Å². The summed E-state index contributed by atoms with van der Waals surface area (Å²) >= 11 is 1.30. The van der Waals surface area contributed by atoms with Gasteiger partial charge < -0.3 is 5.32 Å². The van der Waals surface area contributed by atoms with Crippen molar-refractivity contribution in [2.24, 2.45) is 0 Å². The van der Waals surface area contributed by atoms with E-state index in [9.17, 15) is 13.2 Å². The number of carbonyl (C=O) groups is 1. The molecule has 31 heavy (non-hydrogen) atoms. The summed E-state index contributed by atoms with van der Waals surface area (Å²) in [6.45, 7) is 4.81. The molecule has 0 spiro atoms. The third-order valence-electron chi connectivity index (χ3n) is 5.21. The van der Waals surface area contributed by atoms with E-state index in [0.29, 0.717) is 29.4 Å². The van der Waals surface area contributed by atoms with Crippen LogP contribution in [0.2, 0.25) is 0 Å². The molecule has 0 unspecified atom stereocenters. The highest BCUT2D eigenvalue weighted by atomic mass is 32.2. The van der Waals surface area contributed by atoms with E-state index in [1.807, 2.05) is 37.3 Å². The molecule has 162 valence electrons. The first-order valence-electron chi connectivity index (χ1n) is 10.2. The second kappa shape index (κ2) is 8.84. The van der Waals surface area contributed by atoms with Crippen molar-refractivity contribution in [2.75, 3.05) is 34.2 Å². The third-order valence-corrected chi connectivity index (χ3v) is 7.84. The Balaban J connectivity index is 1.51. The predicted octanol–water partition coefficient (Wildman–Crippen LogP) is 3.75. The molecule has 2 heterocycles. The van der Waals surface area contributed by atoms with Gasteiger partial charge >= 0.3 is 0 Å². The van der Waals surface area contributed by atoms with Crippen LogP contribution in [0, 0.1) is 0 Å². The van der Waals surface area contributed by atoms with Gasteiger partial charge in [0.05, 0.1) is 22.7 Å². The van der Waals surface area contributed by atoms with Crippen molar-refractivity contribution in [1.82, 2.24) is 9.97 Å². The largest absolute Gasteiger partial charge is 0.370 e. The van der Waals surface area contributed by atoms with Crippen molar-refractivity contribution in [3.63, 3.8) is 0 Å². The maximum absolute atomic E-state index is 12.8. The summed E-state index contributed by atoms with van der Waals surface area (Å²) in [6.07, 6.45) is 0.614. The number of fused-ring (bicyclic) bond motifs is 2. The fourth-order valence-corrected chi connectivity index (χ4v) is 5.53. The number of nitrogens with zero attached hydrogens (tertiary/aromatic N) is 3. The van der Waals surface area contributed by atoms with Crippen molar-refractivity contribution in [1.29, 1.82) is 0 Å². The van der Waals surface area contributed by atoms with Gasteiger partial charge in [0.1, 0.15) is 5.82 Å². The quantitative estimate of drug-likeness (QED) is 0.313. The van der Waals surface area contributed by atoms with Crippen molar-refractivity contribution in [3.05, 3.63) is 53.6 Å². The number of aromatic nitrogens is 2. The lowest BCUT2D eigenvalue weighted by atomic mass is 10.1. The number of para-hydroxylation sites is 1. The Hall–Kier alpha value is -2.65. The molecule has 1 N–H and O–H groups in total. The van der Waals surface area contributed by atoms with E-state index in [4.69, 9.17) is 0 Å².